The second-order valence-electron chi connectivity index (χ2n) is 9.70. The first kappa shape index (κ1) is 29.5. The quantitative estimate of drug-likeness (QED) is 0.173. The van der Waals surface area contributed by atoms with Gasteiger partial charge in [-0.1, -0.05) is 83.9 Å². The summed E-state index contributed by atoms with van der Waals surface area (Å²) in [7, 11) is -3.60. The normalized spacial score (nSPS) is 14.9. The largest absolute Gasteiger partial charge is 0.379 e. The van der Waals surface area contributed by atoms with Gasteiger partial charge >= 0.3 is 0 Å². The van der Waals surface area contributed by atoms with Gasteiger partial charge in [0.15, 0.2) is 0 Å². The zero-order chi connectivity index (χ0) is 29.8. The Balaban J connectivity index is 1.37. The molecule has 11 heteroatoms. The Labute approximate surface area is 264 Å². The molecule has 0 N–H and O–H groups in total. The monoisotopic (exact) mass is 648 g/mol. The van der Waals surface area contributed by atoms with Crippen LogP contribution in [-0.2, 0) is 14.8 Å². The van der Waals surface area contributed by atoms with Crippen molar-refractivity contribution in [2.24, 2.45) is 10.1 Å². The number of halogens is 2. The summed E-state index contributed by atoms with van der Waals surface area (Å²) in [5, 5.41) is 7.68. The summed E-state index contributed by atoms with van der Waals surface area (Å²) in [4.78, 5) is 5.66. The van der Waals surface area contributed by atoms with Crippen LogP contribution < -0.4 is 4.80 Å². The van der Waals surface area contributed by atoms with Crippen molar-refractivity contribution < 1.29 is 13.2 Å². The van der Waals surface area contributed by atoms with Crippen LogP contribution in [0.4, 0.5) is 5.69 Å². The molecule has 0 saturated carbocycles. The van der Waals surface area contributed by atoms with Gasteiger partial charge in [-0.25, -0.2) is 18.1 Å². The summed E-state index contributed by atoms with van der Waals surface area (Å²) >= 11 is 13.8. The second-order valence-corrected chi connectivity index (χ2v) is 13.3. The number of aromatic nitrogens is 1. The number of sulfonamides is 1. The number of nitrogens with zero attached hydrogens (tertiary/aromatic N) is 4. The Kier molecular flexibility index (Phi) is 8.90. The molecular formula is C32H26Cl2N4O3S2. The van der Waals surface area contributed by atoms with Crippen molar-refractivity contribution in [2.45, 2.75) is 4.90 Å². The van der Waals surface area contributed by atoms with E-state index < -0.39 is 10.0 Å². The van der Waals surface area contributed by atoms with Gasteiger partial charge < -0.3 is 4.74 Å². The summed E-state index contributed by atoms with van der Waals surface area (Å²) in [6.45, 7) is 1.47. The molecule has 1 aromatic heterocycles. The molecule has 1 fully saturated rings. The summed E-state index contributed by atoms with van der Waals surface area (Å²) in [5.41, 5.74) is 5.46. The molecular weight excluding hydrogens is 623 g/mol. The average molecular weight is 650 g/mol. The van der Waals surface area contributed by atoms with E-state index in [0.29, 0.717) is 46.8 Å². The Bertz CT molecular complexity index is 1930. The van der Waals surface area contributed by atoms with E-state index >= 15 is 0 Å². The fourth-order valence-corrected chi connectivity index (χ4v) is 7.18. The van der Waals surface area contributed by atoms with E-state index in [2.05, 4.69) is 36.4 Å². The maximum Gasteiger partial charge on any atom is 0.243 e. The van der Waals surface area contributed by atoms with Crippen molar-refractivity contribution in [3.63, 3.8) is 0 Å². The van der Waals surface area contributed by atoms with Crippen molar-refractivity contribution in [2.75, 3.05) is 26.3 Å². The highest BCUT2D eigenvalue weighted by Crippen LogP contribution is 2.27. The Morgan fingerprint density at radius 1 is 0.791 bits per heavy atom. The number of hydrogen-bond acceptors (Lipinski definition) is 6. The molecule has 1 aliphatic heterocycles. The third-order valence-corrected chi connectivity index (χ3v) is 10.4. The second kappa shape index (κ2) is 13.0. The van der Waals surface area contributed by atoms with Crippen LogP contribution in [-0.4, -0.2) is 49.9 Å². The predicted molar refractivity (Wildman–Crippen MR) is 174 cm³/mol. The molecule has 0 atom stereocenters. The van der Waals surface area contributed by atoms with Crippen LogP contribution in [0.25, 0.3) is 22.4 Å². The van der Waals surface area contributed by atoms with Gasteiger partial charge in [0.25, 0.3) is 0 Å². The molecule has 2 heterocycles. The van der Waals surface area contributed by atoms with Crippen molar-refractivity contribution in [3.8, 4) is 22.4 Å². The lowest BCUT2D eigenvalue weighted by molar-refractivity contribution is 0.0730. The molecule has 0 bridgehead atoms. The molecule has 5 aromatic rings. The van der Waals surface area contributed by atoms with Crippen molar-refractivity contribution in [1.82, 2.24) is 8.98 Å². The van der Waals surface area contributed by atoms with E-state index in [1.807, 2.05) is 29.6 Å². The molecule has 6 rings (SSSR count). The van der Waals surface area contributed by atoms with Gasteiger partial charge in [0.1, 0.15) is 0 Å². The van der Waals surface area contributed by atoms with Crippen LogP contribution in [0, 0.1) is 0 Å². The Hall–Kier alpha value is -3.57. The molecule has 7 nitrogen and oxygen atoms in total. The van der Waals surface area contributed by atoms with Gasteiger partial charge in [0, 0.05) is 24.0 Å². The Morgan fingerprint density at radius 2 is 1.47 bits per heavy atom. The van der Waals surface area contributed by atoms with Gasteiger partial charge in [-0.3, -0.25) is 0 Å². The minimum atomic E-state index is -3.60. The molecule has 4 aromatic carbocycles. The first-order chi connectivity index (χ1) is 20.9. The van der Waals surface area contributed by atoms with E-state index in [4.69, 9.17) is 38.0 Å². The number of rotatable bonds is 7. The van der Waals surface area contributed by atoms with E-state index in [9.17, 15) is 8.42 Å². The molecule has 43 heavy (non-hydrogen) atoms. The smallest absolute Gasteiger partial charge is 0.243 e. The van der Waals surface area contributed by atoms with Gasteiger partial charge in [0.2, 0.25) is 14.8 Å². The molecule has 1 aliphatic rings. The van der Waals surface area contributed by atoms with Crippen molar-refractivity contribution in [1.29, 1.82) is 0 Å². The lowest BCUT2D eigenvalue weighted by Gasteiger charge is -2.26. The molecule has 218 valence electrons. The molecule has 0 unspecified atom stereocenters. The third-order valence-electron chi connectivity index (χ3n) is 6.91. The molecule has 1 saturated heterocycles. The standard InChI is InChI=1S/C32H26Cl2N4O3S2/c33-29-15-6-23(20-30(29)34)21-35-38-31(26-9-7-25(8-10-26)24-4-2-1-3-5-24)22-42-32(38)36-27-11-13-28(14-12-27)43(39,40)37-16-18-41-19-17-37/h1-15,20-22H,16-19H2. The zero-order valence-corrected chi connectivity index (χ0v) is 26.0. The fraction of sp³-hybridized carbons (Fsp3) is 0.125. The van der Waals surface area contributed by atoms with Crippen molar-refractivity contribution >= 4 is 56.5 Å². The number of benzene rings is 4. The fourth-order valence-electron chi connectivity index (χ4n) is 4.61. The zero-order valence-electron chi connectivity index (χ0n) is 22.8. The van der Waals surface area contributed by atoms with Gasteiger partial charge in [-0.15, -0.1) is 11.3 Å². The highest BCUT2D eigenvalue weighted by molar-refractivity contribution is 7.89. The lowest BCUT2D eigenvalue weighted by atomic mass is 10.0. The summed E-state index contributed by atoms with van der Waals surface area (Å²) in [6, 6.07) is 30.4. The van der Waals surface area contributed by atoms with Crippen LogP contribution in [0.15, 0.2) is 117 Å². The number of thiazole rings is 1. The minimum Gasteiger partial charge on any atom is -0.379 e. The third kappa shape index (κ3) is 6.67. The predicted octanol–water partition coefficient (Wildman–Crippen LogP) is 7.33. The highest BCUT2D eigenvalue weighted by Gasteiger charge is 2.26. The van der Waals surface area contributed by atoms with E-state index in [1.165, 1.54) is 15.6 Å². The number of hydrogen-bond donors (Lipinski definition) is 0. The van der Waals surface area contributed by atoms with Crippen LogP contribution in [0.1, 0.15) is 5.56 Å². The van der Waals surface area contributed by atoms with Crippen molar-refractivity contribution in [3.05, 3.63) is 123 Å². The number of ether oxygens (including phenoxy) is 1. The first-order valence-corrected chi connectivity index (χ1v) is 16.5. The summed E-state index contributed by atoms with van der Waals surface area (Å²) < 4.78 is 34.6. The van der Waals surface area contributed by atoms with Crippen LogP contribution in [0.3, 0.4) is 0 Å². The SMILES string of the molecule is O=S(=O)(c1ccc(N=c2scc(-c3ccc(-c4ccccc4)cc3)n2N=Cc2ccc(Cl)c(Cl)c2)cc1)N1CCOCC1. The van der Waals surface area contributed by atoms with E-state index in [-0.39, 0.29) is 4.90 Å². The first-order valence-electron chi connectivity index (χ1n) is 13.5. The van der Waals surface area contributed by atoms with Gasteiger partial charge in [-0.2, -0.15) is 9.41 Å². The summed E-state index contributed by atoms with van der Waals surface area (Å²) in [6.07, 6.45) is 1.70. The maximum atomic E-state index is 13.1. The topological polar surface area (TPSA) is 76.3 Å². The molecule has 0 radical (unpaired) electrons. The van der Waals surface area contributed by atoms with Gasteiger partial charge in [-0.05, 0) is 53.1 Å². The molecule has 0 spiro atoms. The van der Waals surface area contributed by atoms with E-state index in [1.54, 1.807) is 47.3 Å². The lowest BCUT2D eigenvalue weighted by Crippen LogP contribution is -2.40. The summed E-state index contributed by atoms with van der Waals surface area (Å²) in [5.74, 6) is 0. The van der Waals surface area contributed by atoms with Gasteiger partial charge in [0.05, 0.1) is 45.8 Å². The molecule has 0 amide bonds. The highest BCUT2D eigenvalue weighted by atomic mass is 35.5. The number of morpholine rings is 1. The Morgan fingerprint density at radius 3 is 2.16 bits per heavy atom. The van der Waals surface area contributed by atoms with E-state index in [0.717, 1.165) is 27.9 Å². The van der Waals surface area contributed by atoms with Crippen LogP contribution >= 0.6 is 34.5 Å². The van der Waals surface area contributed by atoms with Crippen LogP contribution in [0.5, 0.6) is 0 Å². The maximum absolute atomic E-state index is 13.1. The van der Waals surface area contributed by atoms with Crippen LogP contribution in [0.2, 0.25) is 10.0 Å². The average Bonchev–Trinajstić information content (AvgIpc) is 3.44. The minimum absolute atomic E-state index is 0.226. The molecule has 0 aliphatic carbocycles.